The number of nitrogens with one attached hydrogen (secondary N) is 2. The van der Waals surface area contributed by atoms with Gasteiger partial charge in [0.1, 0.15) is 0 Å². The summed E-state index contributed by atoms with van der Waals surface area (Å²) in [4.78, 5) is 21.7. The number of carbonyl (C=O) groups excluding carboxylic acids is 2. The topological polar surface area (TPSA) is 130 Å². The standard InChI is InChI=1S/C12H16N2O3S.C8H8ClNO3S/c1-4-9-14(3)18(16,17)12-7-5-11(6-8-12)13-10(2)15;1-6(11)10-7-2-4-8(5-3-7)14(9,12)13/h4-8H,1,9H2,2-3H3,(H,13,15);2-5H,1H3,(H,10,11). The third-order valence-electron chi connectivity index (χ3n) is 3.73. The first kappa shape index (κ1) is 27.3. The van der Waals surface area contributed by atoms with Gasteiger partial charge in [0.05, 0.1) is 9.79 Å². The van der Waals surface area contributed by atoms with Gasteiger partial charge in [0.2, 0.25) is 21.8 Å². The SMILES string of the molecule is C=CCN(C)S(=O)(=O)c1ccc(NC(C)=O)cc1.CC(=O)Nc1ccc(S(=O)(=O)Cl)cc1. The fourth-order valence-electron chi connectivity index (χ4n) is 2.28. The first-order valence-electron chi connectivity index (χ1n) is 9.04. The first-order valence-corrected chi connectivity index (χ1v) is 12.8. The largest absolute Gasteiger partial charge is 0.326 e. The van der Waals surface area contributed by atoms with E-state index in [4.69, 9.17) is 10.7 Å². The summed E-state index contributed by atoms with van der Waals surface area (Å²) in [5.74, 6) is -0.416. The van der Waals surface area contributed by atoms with Crippen molar-refractivity contribution in [1.29, 1.82) is 0 Å². The summed E-state index contributed by atoms with van der Waals surface area (Å²) in [6, 6.07) is 11.6. The Morgan fingerprint density at radius 2 is 1.25 bits per heavy atom. The number of halogens is 1. The van der Waals surface area contributed by atoms with Crippen molar-refractivity contribution in [2.45, 2.75) is 23.6 Å². The van der Waals surface area contributed by atoms with Crippen LogP contribution in [0.5, 0.6) is 0 Å². The lowest BCUT2D eigenvalue weighted by Gasteiger charge is -2.15. The Hall–Kier alpha value is -2.73. The second-order valence-corrected chi connectivity index (χ2v) is 11.0. The van der Waals surface area contributed by atoms with Crippen LogP contribution in [-0.4, -0.2) is 46.5 Å². The second kappa shape index (κ2) is 11.8. The van der Waals surface area contributed by atoms with E-state index >= 15 is 0 Å². The van der Waals surface area contributed by atoms with Crippen LogP contribution in [0.15, 0.2) is 71.0 Å². The fourth-order valence-corrected chi connectivity index (χ4v) is 4.19. The summed E-state index contributed by atoms with van der Waals surface area (Å²) in [6.07, 6.45) is 1.52. The van der Waals surface area contributed by atoms with Gasteiger partial charge in [-0.25, -0.2) is 16.8 Å². The van der Waals surface area contributed by atoms with Gasteiger partial charge in [-0.3, -0.25) is 9.59 Å². The molecule has 0 fully saturated rings. The van der Waals surface area contributed by atoms with Gasteiger partial charge in [-0.1, -0.05) is 6.08 Å². The number of rotatable bonds is 7. The average molecular weight is 502 g/mol. The number of nitrogens with zero attached hydrogens (tertiary/aromatic N) is 1. The van der Waals surface area contributed by atoms with Crippen molar-refractivity contribution >= 4 is 52.9 Å². The number of benzene rings is 2. The molecule has 0 spiro atoms. The molecular formula is C20H24ClN3O6S2. The molecule has 0 atom stereocenters. The van der Waals surface area contributed by atoms with Crippen LogP contribution in [0.2, 0.25) is 0 Å². The van der Waals surface area contributed by atoms with Gasteiger partial charge in [0.25, 0.3) is 9.05 Å². The number of amides is 2. The van der Waals surface area contributed by atoms with E-state index in [1.807, 2.05) is 0 Å². The molecule has 2 N–H and O–H groups in total. The van der Waals surface area contributed by atoms with Crippen LogP contribution in [-0.2, 0) is 28.7 Å². The Morgan fingerprint density at radius 1 is 0.875 bits per heavy atom. The highest BCUT2D eigenvalue weighted by Crippen LogP contribution is 2.18. The zero-order valence-electron chi connectivity index (χ0n) is 17.7. The van der Waals surface area contributed by atoms with Crippen molar-refractivity contribution in [3.8, 4) is 0 Å². The molecule has 2 amide bonds. The second-order valence-electron chi connectivity index (χ2n) is 6.42. The van der Waals surface area contributed by atoms with E-state index in [9.17, 15) is 26.4 Å². The number of hydrogen-bond donors (Lipinski definition) is 2. The summed E-state index contributed by atoms with van der Waals surface area (Å²) < 4.78 is 47.0. The van der Waals surface area contributed by atoms with E-state index in [0.717, 1.165) is 0 Å². The van der Waals surface area contributed by atoms with Crippen LogP contribution in [0.25, 0.3) is 0 Å². The smallest absolute Gasteiger partial charge is 0.261 e. The van der Waals surface area contributed by atoms with E-state index in [1.165, 1.54) is 67.7 Å². The molecule has 0 radical (unpaired) electrons. The van der Waals surface area contributed by atoms with Crippen LogP contribution < -0.4 is 10.6 Å². The predicted octanol–water partition coefficient (Wildman–Crippen LogP) is 3.02. The minimum atomic E-state index is -3.69. The number of likely N-dealkylation sites (N-methyl/N-ethyl adjacent to an activating group) is 1. The van der Waals surface area contributed by atoms with E-state index in [-0.39, 0.29) is 28.2 Å². The molecule has 12 heteroatoms. The highest BCUT2D eigenvalue weighted by Gasteiger charge is 2.19. The van der Waals surface area contributed by atoms with Crippen molar-refractivity contribution in [3.05, 3.63) is 61.2 Å². The summed E-state index contributed by atoms with van der Waals surface area (Å²) in [5.41, 5.74) is 1.09. The van der Waals surface area contributed by atoms with Crippen LogP contribution in [0.3, 0.4) is 0 Å². The molecule has 0 aliphatic carbocycles. The van der Waals surface area contributed by atoms with E-state index in [1.54, 1.807) is 12.1 Å². The maximum absolute atomic E-state index is 12.0. The van der Waals surface area contributed by atoms with Crippen LogP contribution >= 0.6 is 10.7 Å². The van der Waals surface area contributed by atoms with Crippen LogP contribution in [0, 0.1) is 0 Å². The van der Waals surface area contributed by atoms with Gasteiger partial charge in [-0.2, -0.15) is 4.31 Å². The maximum Gasteiger partial charge on any atom is 0.261 e. The van der Waals surface area contributed by atoms with Crippen LogP contribution in [0.4, 0.5) is 11.4 Å². The van der Waals surface area contributed by atoms with Crippen molar-refractivity contribution < 1.29 is 26.4 Å². The third-order valence-corrected chi connectivity index (χ3v) is 6.93. The van der Waals surface area contributed by atoms with E-state index in [0.29, 0.717) is 11.4 Å². The molecule has 0 unspecified atom stereocenters. The lowest BCUT2D eigenvalue weighted by molar-refractivity contribution is -0.115. The molecule has 0 bridgehead atoms. The minimum absolute atomic E-state index is 0.00766. The van der Waals surface area contributed by atoms with Gasteiger partial charge in [-0.15, -0.1) is 6.58 Å². The highest BCUT2D eigenvalue weighted by molar-refractivity contribution is 8.13. The van der Waals surface area contributed by atoms with Crippen LogP contribution in [0.1, 0.15) is 13.8 Å². The molecule has 0 heterocycles. The summed E-state index contributed by atoms with van der Waals surface area (Å²) >= 11 is 0. The first-order chi connectivity index (χ1) is 14.8. The summed E-state index contributed by atoms with van der Waals surface area (Å²) in [5, 5.41) is 5.08. The molecule has 32 heavy (non-hydrogen) atoms. The normalized spacial score (nSPS) is 11.2. The monoisotopic (exact) mass is 501 g/mol. The lowest BCUT2D eigenvalue weighted by atomic mass is 10.3. The molecule has 2 aromatic rings. The molecule has 174 valence electrons. The van der Waals surface area contributed by atoms with E-state index in [2.05, 4.69) is 17.2 Å². The Bertz CT molecular complexity index is 1160. The molecule has 9 nitrogen and oxygen atoms in total. The van der Waals surface area contributed by atoms with Crippen molar-refractivity contribution in [1.82, 2.24) is 4.31 Å². The number of sulfonamides is 1. The molecule has 0 saturated carbocycles. The Kier molecular flexibility index (Phi) is 10.0. The molecule has 0 aromatic heterocycles. The van der Waals surface area contributed by atoms with Gasteiger partial charge >= 0.3 is 0 Å². The molecule has 2 aromatic carbocycles. The van der Waals surface area contributed by atoms with Gasteiger partial charge in [0.15, 0.2) is 0 Å². The van der Waals surface area contributed by atoms with Gasteiger partial charge in [-0.05, 0) is 48.5 Å². The molecular weight excluding hydrogens is 478 g/mol. The Balaban J connectivity index is 0.000000330. The lowest BCUT2D eigenvalue weighted by Crippen LogP contribution is -2.26. The fraction of sp³-hybridized carbons (Fsp3) is 0.200. The number of anilines is 2. The third kappa shape index (κ3) is 8.79. The molecule has 2 rings (SSSR count). The van der Waals surface area contributed by atoms with Gasteiger partial charge < -0.3 is 10.6 Å². The average Bonchev–Trinajstić information content (AvgIpc) is 2.68. The number of carbonyl (C=O) groups is 2. The highest BCUT2D eigenvalue weighted by atomic mass is 35.7. The maximum atomic E-state index is 12.0. The van der Waals surface area contributed by atoms with Crippen molar-refractivity contribution in [3.63, 3.8) is 0 Å². The zero-order valence-corrected chi connectivity index (χ0v) is 20.1. The number of hydrogen-bond acceptors (Lipinski definition) is 6. The van der Waals surface area contributed by atoms with Gasteiger partial charge in [0, 0.05) is 49.5 Å². The molecule has 0 aliphatic rings. The molecule has 0 aliphatic heterocycles. The summed E-state index contributed by atoms with van der Waals surface area (Å²) in [6.45, 7) is 6.51. The Labute approximate surface area is 192 Å². The summed E-state index contributed by atoms with van der Waals surface area (Å²) in [7, 11) is -0.599. The Morgan fingerprint density at radius 3 is 1.56 bits per heavy atom. The van der Waals surface area contributed by atoms with Crippen molar-refractivity contribution in [2.75, 3.05) is 24.2 Å². The minimum Gasteiger partial charge on any atom is -0.326 e. The predicted molar refractivity (Wildman–Crippen MR) is 125 cm³/mol. The zero-order chi connectivity index (χ0) is 24.5. The molecule has 0 saturated heterocycles. The van der Waals surface area contributed by atoms with Crippen molar-refractivity contribution in [2.24, 2.45) is 0 Å². The van der Waals surface area contributed by atoms with E-state index < -0.39 is 19.1 Å². The quantitative estimate of drug-likeness (QED) is 0.443.